The highest BCUT2D eigenvalue weighted by Gasteiger charge is 2.18. The first-order valence-corrected chi connectivity index (χ1v) is 9.76. The van der Waals surface area contributed by atoms with Crippen molar-refractivity contribution in [1.29, 1.82) is 5.26 Å². The van der Waals surface area contributed by atoms with Crippen molar-refractivity contribution in [3.63, 3.8) is 0 Å². The van der Waals surface area contributed by atoms with Gasteiger partial charge in [0.05, 0.1) is 6.61 Å². The van der Waals surface area contributed by atoms with E-state index in [0.717, 1.165) is 35.0 Å². The van der Waals surface area contributed by atoms with Crippen LogP contribution in [0.4, 0.5) is 0 Å². The summed E-state index contributed by atoms with van der Waals surface area (Å²) in [5.74, 6) is 0.342. The molecule has 0 saturated carbocycles. The van der Waals surface area contributed by atoms with Gasteiger partial charge >= 0.3 is 0 Å². The number of ether oxygens (including phenoxy) is 1. The molecule has 4 heteroatoms. The summed E-state index contributed by atoms with van der Waals surface area (Å²) in [4.78, 5) is 9.38. The van der Waals surface area contributed by atoms with Gasteiger partial charge in [0.25, 0.3) is 0 Å². The molecule has 0 spiro atoms. The molecule has 0 amide bonds. The molecule has 0 fully saturated rings. The van der Waals surface area contributed by atoms with Crippen LogP contribution in [-0.4, -0.2) is 16.6 Å². The minimum absolute atomic E-state index is 0.342. The van der Waals surface area contributed by atoms with E-state index in [4.69, 9.17) is 9.72 Å². The fourth-order valence-electron chi connectivity index (χ4n) is 3.47. The molecule has 0 bridgehead atoms. The van der Waals surface area contributed by atoms with Crippen LogP contribution in [0.3, 0.4) is 0 Å². The second-order valence-corrected chi connectivity index (χ2v) is 6.74. The lowest BCUT2D eigenvalue weighted by Crippen LogP contribution is -2.03. The minimum Gasteiger partial charge on any atom is -0.477 e. The molecular weight excluding hydrogens is 358 g/mol. The highest BCUT2D eigenvalue weighted by Crippen LogP contribution is 2.35. The van der Waals surface area contributed by atoms with Crippen molar-refractivity contribution in [1.82, 2.24) is 9.97 Å². The summed E-state index contributed by atoms with van der Waals surface area (Å²) in [7, 11) is 0. The zero-order valence-corrected chi connectivity index (χ0v) is 16.3. The average molecular weight is 379 g/mol. The monoisotopic (exact) mass is 379 g/mol. The maximum atomic E-state index is 9.82. The topological polar surface area (TPSA) is 58.8 Å². The number of hydrogen-bond acceptors (Lipinski definition) is 4. The molecule has 0 N–H and O–H groups in total. The lowest BCUT2D eigenvalue weighted by molar-refractivity contribution is 0.327. The van der Waals surface area contributed by atoms with Gasteiger partial charge in [-0.25, -0.2) is 4.98 Å². The van der Waals surface area contributed by atoms with Crippen LogP contribution in [0.15, 0.2) is 72.8 Å². The quantitative estimate of drug-likeness (QED) is 0.453. The van der Waals surface area contributed by atoms with Gasteiger partial charge in [-0.2, -0.15) is 10.2 Å². The van der Waals surface area contributed by atoms with E-state index in [1.54, 1.807) is 0 Å². The van der Waals surface area contributed by atoms with Crippen molar-refractivity contribution in [3.8, 4) is 23.1 Å². The van der Waals surface area contributed by atoms with Crippen LogP contribution in [0.1, 0.15) is 23.7 Å². The number of nitrogens with zero attached hydrogens (tertiary/aromatic N) is 3. The van der Waals surface area contributed by atoms with E-state index >= 15 is 0 Å². The Morgan fingerprint density at radius 1 is 0.862 bits per heavy atom. The SMILES string of the molecule is CCOc1nc2nc(CCc3ccccc3)ccc2c(-c2ccccc2)c1C#N. The molecule has 0 aliphatic heterocycles. The molecule has 0 saturated heterocycles. The van der Waals surface area contributed by atoms with Gasteiger partial charge in [0.15, 0.2) is 5.65 Å². The predicted octanol–water partition coefficient (Wildman–Crippen LogP) is 5.35. The predicted molar refractivity (Wildman–Crippen MR) is 115 cm³/mol. The summed E-state index contributed by atoms with van der Waals surface area (Å²) in [6.07, 6.45) is 1.74. The van der Waals surface area contributed by atoms with Crippen molar-refractivity contribution in [3.05, 3.63) is 89.6 Å². The highest BCUT2D eigenvalue weighted by atomic mass is 16.5. The second-order valence-electron chi connectivity index (χ2n) is 6.74. The number of fused-ring (bicyclic) bond motifs is 1. The molecule has 0 aliphatic carbocycles. The number of nitriles is 1. The lowest BCUT2D eigenvalue weighted by Gasteiger charge is -2.13. The Kier molecular flexibility index (Phi) is 5.49. The average Bonchev–Trinajstić information content (AvgIpc) is 2.78. The molecule has 0 aliphatic rings. The number of benzene rings is 2. The number of aryl methyl sites for hydroxylation is 2. The normalized spacial score (nSPS) is 10.6. The Hall–Kier alpha value is -3.71. The second kappa shape index (κ2) is 8.53. The largest absolute Gasteiger partial charge is 0.477 e. The summed E-state index contributed by atoms with van der Waals surface area (Å²) in [5.41, 5.74) is 5.09. The lowest BCUT2D eigenvalue weighted by atomic mass is 9.97. The zero-order chi connectivity index (χ0) is 20.1. The van der Waals surface area contributed by atoms with Gasteiger partial charge in [0.1, 0.15) is 11.6 Å². The van der Waals surface area contributed by atoms with Crippen LogP contribution in [0, 0.1) is 11.3 Å². The van der Waals surface area contributed by atoms with Gasteiger partial charge in [-0.05, 0) is 43.0 Å². The Bertz CT molecular complexity index is 1170. The van der Waals surface area contributed by atoms with Crippen LogP contribution in [0.25, 0.3) is 22.2 Å². The van der Waals surface area contributed by atoms with E-state index in [2.05, 4.69) is 35.3 Å². The fraction of sp³-hybridized carbons (Fsp3) is 0.160. The minimum atomic E-state index is 0.342. The van der Waals surface area contributed by atoms with Crippen LogP contribution < -0.4 is 4.74 Å². The Morgan fingerprint density at radius 2 is 1.59 bits per heavy atom. The van der Waals surface area contributed by atoms with Crippen LogP contribution in [0.5, 0.6) is 5.88 Å². The molecule has 4 nitrogen and oxygen atoms in total. The summed E-state index contributed by atoms with van der Waals surface area (Å²) in [5, 5.41) is 10.7. The first-order valence-electron chi connectivity index (χ1n) is 9.76. The third-order valence-electron chi connectivity index (χ3n) is 4.84. The van der Waals surface area contributed by atoms with E-state index in [0.29, 0.717) is 23.7 Å². The molecule has 0 radical (unpaired) electrons. The summed E-state index contributed by atoms with van der Waals surface area (Å²) in [6.45, 7) is 2.33. The maximum Gasteiger partial charge on any atom is 0.234 e. The molecular formula is C25H21N3O. The third kappa shape index (κ3) is 3.95. The number of rotatable bonds is 6. The van der Waals surface area contributed by atoms with Crippen LogP contribution >= 0.6 is 0 Å². The van der Waals surface area contributed by atoms with E-state index in [9.17, 15) is 5.26 Å². The van der Waals surface area contributed by atoms with E-state index in [-0.39, 0.29) is 0 Å². The Balaban J connectivity index is 1.81. The van der Waals surface area contributed by atoms with Gasteiger partial charge in [-0.3, -0.25) is 0 Å². The van der Waals surface area contributed by atoms with E-state index in [1.165, 1.54) is 5.56 Å². The van der Waals surface area contributed by atoms with Crippen molar-refractivity contribution in [2.45, 2.75) is 19.8 Å². The molecule has 4 aromatic rings. The third-order valence-corrected chi connectivity index (χ3v) is 4.84. The van der Waals surface area contributed by atoms with Crippen LogP contribution in [0.2, 0.25) is 0 Å². The summed E-state index contributed by atoms with van der Waals surface area (Å²) < 4.78 is 5.69. The number of pyridine rings is 2. The molecule has 4 rings (SSSR count). The number of hydrogen-bond donors (Lipinski definition) is 0. The van der Waals surface area contributed by atoms with Gasteiger partial charge in [-0.1, -0.05) is 60.7 Å². The van der Waals surface area contributed by atoms with Gasteiger partial charge in [0, 0.05) is 16.6 Å². The molecule has 2 aromatic carbocycles. The van der Waals surface area contributed by atoms with Crippen molar-refractivity contribution >= 4 is 11.0 Å². The Morgan fingerprint density at radius 3 is 2.28 bits per heavy atom. The van der Waals surface area contributed by atoms with Crippen LogP contribution in [-0.2, 0) is 12.8 Å². The van der Waals surface area contributed by atoms with Gasteiger partial charge in [0.2, 0.25) is 5.88 Å². The molecule has 2 heterocycles. The van der Waals surface area contributed by atoms with Gasteiger partial charge in [-0.15, -0.1) is 0 Å². The highest BCUT2D eigenvalue weighted by molar-refractivity contribution is 5.97. The molecule has 29 heavy (non-hydrogen) atoms. The van der Waals surface area contributed by atoms with Crippen molar-refractivity contribution < 1.29 is 4.74 Å². The maximum absolute atomic E-state index is 9.82. The standard InChI is InChI=1S/C25H21N3O/c1-2-29-25-22(17-26)23(19-11-7-4-8-12-19)21-16-15-20(27-24(21)28-25)14-13-18-9-5-3-6-10-18/h3-12,15-16H,2,13-14H2,1H3. The molecule has 2 aromatic heterocycles. The van der Waals surface area contributed by atoms with Gasteiger partial charge < -0.3 is 4.74 Å². The van der Waals surface area contributed by atoms with Crippen molar-refractivity contribution in [2.75, 3.05) is 6.61 Å². The molecule has 0 atom stereocenters. The zero-order valence-electron chi connectivity index (χ0n) is 16.3. The van der Waals surface area contributed by atoms with Crippen molar-refractivity contribution in [2.24, 2.45) is 0 Å². The molecule has 0 unspecified atom stereocenters. The first kappa shape index (κ1) is 18.6. The van der Waals surface area contributed by atoms with E-state index < -0.39 is 0 Å². The fourth-order valence-corrected chi connectivity index (χ4v) is 3.47. The van der Waals surface area contributed by atoms with E-state index in [1.807, 2.05) is 55.5 Å². The molecule has 142 valence electrons. The summed E-state index contributed by atoms with van der Waals surface area (Å²) in [6, 6.07) is 26.6. The smallest absolute Gasteiger partial charge is 0.234 e. The number of aromatic nitrogens is 2. The first-order chi connectivity index (χ1) is 14.3. The summed E-state index contributed by atoms with van der Waals surface area (Å²) >= 11 is 0. The Labute approximate surface area is 170 Å².